The molecule has 0 spiro atoms. The average Bonchev–Trinajstić information content (AvgIpc) is 2.42. The van der Waals surface area contributed by atoms with E-state index in [1.165, 1.54) is 19.3 Å². The second kappa shape index (κ2) is 5.88. The zero-order valence-electron chi connectivity index (χ0n) is 12.0. The summed E-state index contributed by atoms with van der Waals surface area (Å²) >= 11 is 0. The van der Waals surface area contributed by atoms with Gasteiger partial charge in [0.15, 0.2) is 0 Å². The highest BCUT2D eigenvalue weighted by Crippen LogP contribution is 2.26. The summed E-state index contributed by atoms with van der Waals surface area (Å²) in [6.45, 7) is 6.39. The summed E-state index contributed by atoms with van der Waals surface area (Å²) in [6.07, 6.45) is 5.57. The molecule has 19 heavy (non-hydrogen) atoms. The zero-order valence-corrected chi connectivity index (χ0v) is 12.0. The Hall–Kier alpha value is -1.13. The SMILES string of the molecule is CC(C)(C(O)Cc1cccnc1N)N1CCCCC1. The van der Waals surface area contributed by atoms with Crippen LogP contribution in [-0.2, 0) is 6.42 Å². The van der Waals surface area contributed by atoms with Crippen molar-refractivity contribution in [3.63, 3.8) is 0 Å². The number of aliphatic hydroxyl groups is 1. The van der Waals surface area contributed by atoms with E-state index < -0.39 is 6.10 Å². The first-order chi connectivity index (χ1) is 9.01. The molecule has 1 aliphatic heterocycles. The number of hydrogen-bond acceptors (Lipinski definition) is 4. The largest absolute Gasteiger partial charge is 0.391 e. The van der Waals surface area contributed by atoms with Gasteiger partial charge in [0.2, 0.25) is 0 Å². The molecule has 0 aromatic carbocycles. The quantitative estimate of drug-likeness (QED) is 0.870. The summed E-state index contributed by atoms with van der Waals surface area (Å²) in [5.74, 6) is 0.524. The first-order valence-electron chi connectivity index (χ1n) is 7.14. The number of piperidine rings is 1. The highest BCUT2D eigenvalue weighted by molar-refractivity contribution is 5.39. The average molecular weight is 263 g/mol. The van der Waals surface area contributed by atoms with Crippen molar-refractivity contribution in [2.24, 2.45) is 0 Å². The molecule has 4 nitrogen and oxygen atoms in total. The number of hydrogen-bond donors (Lipinski definition) is 2. The molecule has 1 saturated heterocycles. The number of nitrogens with two attached hydrogens (primary N) is 1. The van der Waals surface area contributed by atoms with Crippen molar-refractivity contribution in [2.75, 3.05) is 18.8 Å². The van der Waals surface area contributed by atoms with Crippen molar-refractivity contribution >= 4 is 5.82 Å². The molecule has 2 rings (SSSR count). The molecule has 106 valence electrons. The van der Waals surface area contributed by atoms with Gasteiger partial charge in [-0.05, 0) is 51.4 Å². The normalized spacial score (nSPS) is 19.3. The highest BCUT2D eigenvalue weighted by atomic mass is 16.3. The van der Waals surface area contributed by atoms with Gasteiger partial charge in [-0.15, -0.1) is 0 Å². The third-order valence-corrected chi connectivity index (χ3v) is 4.33. The van der Waals surface area contributed by atoms with Crippen molar-refractivity contribution in [2.45, 2.75) is 51.2 Å². The van der Waals surface area contributed by atoms with E-state index in [0.29, 0.717) is 12.2 Å². The van der Waals surface area contributed by atoms with Gasteiger partial charge < -0.3 is 10.8 Å². The lowest BCUT2D eigenvalue weighted by molar-refractivity contribution is -0.0186. The van der Waals surface area contributed by atoms with Gasteiger partial charge in [0.25, 0.3) is 0 Å². The van der Waals surface area contributed by atoms with E-state index in [9.17, 15) is 5.11 Å². The molecule has 1 aromatic rings. The van der Waals surface area contributed by atoms with E-state index in [4.69, 9.17) is 5.73 Å². The number of rotatable bonds is 4. The minimum atomic E-state index is -0.433. The van der Waals surface area contributed by atoms with Crippen molar-refractivity contribution in [3.8, 4) is 0 Å². The Labute approximate surface area is 115 Å². The lowest BCUT2D eigenvalue weighted by Gasteiger charge is -2.44. The third kappa shape index (κ3) is 3.25. The number of nitrogens with zero attached hydrogens (tertiary/aromatic N) is 2. The van der Waals surface area contributed by atoms with Crippen LogP contribution in [0.3, 0.4) is 0 Å². The Morgan fingerprint density at radius 3 is 2.68 bits per heavy atom. The van der Waals surface area contributed by atoms with Crippen LogP contribution in [0.2, 0.25) is 0 Å². The molecule has 0 aliphatic carbocycles. The van der Waals surface area contributed by atoms with Crippen LogP contribution in [0.1, 0.15) is 38.7 Å². The molecular weight excluding hydrogens is 238 g/mol. The number of anilines is 1. The number of aliphatic hydroxyl groups excluding tert-OH is 1. The maximum Gasteiger partial charge on any atom is 0.126 e. The fourth-order valence-corrected chi connectivity index (χ4v) is 2.76. The Morgan fingerprint density at radius 2 is 2.05 bits per heavy atom. The van der Waals surface area contributed by atoms with E-state index in [2.05, 4.69) is 23.7 Å². The molecule has 0 amide bonds. The Balaban J connectivity index is 2.05. The first kappa shape index (κ1) is 14.3. The van der Waals surface area contributed by atoms with Gasteiger partial charge in [0.05, 0.1) is 6.10 Å². The van der Waals surface area contributed by atoms with Crippen LogP contribution in [0.25, 0.3) is 0 Å². The van der Waals surface area contributed by atoms with Crippen LogP contribution in [0, 0.1) is 0 Å². The lowest BCUT2D eigenvalue weighted by Crippen LogP contribution is -2.54. The summed E-state index contributed by atoms with van der Waals surface area (Å²) < 4.78 is 0. The van der Waals surface area contributed by atoms with E-state index in [-0.39, 0.29) is 5.54 Å². The summed E-state index contributed by atoms with van der Waals surface area (Å²) in [5, 5.41) is 10.6. The number of pyridine rings is 1. The predicted octanol–water partition coefficient (Wildman–Crippen LogP) is 1.83. The minimum Gasteiger partial charge on any atom is -0.391 e. The van der Waals surface area contributed by atoms with E-state index in [0.717, 1.165) is 18.7 Å². The van der Waals surface area contributed by atoms with Crippen molar-refractivity contribution in [3.05, 3.63) is 23.9 Å². The van der Waals surface area contributed by atoms with Crippen LogP contribution >= 0.6 is 0 Å². The smallest absolute Gasteiger partial charge is 0.126 e. The summed E-state index contributed by atoms with van der Waals surface area (Å²) in [4.78, 5) is 6.48. The molecule has 2 heterocycles. The van der Waals surface area contributed by atoms with Crippen LogP contribution in [0.5, 0.6) is 0 Å². The number of aromatic nitrogens is 1. The van der Waals surface area contributed by atoms with Gasteiger partial charge in [0.1, 0.15) is 5.82 Å². The molecule has 1 aliphatic rings. The van der Waals surface area contributed by atoms with Gasteiger partial charge in [-0.3, -0.25) is 4.90 Å². The molecule has 0 saturated carbocycles. The number of nitrogen functional groups attached to an aromatic ring is 1. The van der Waals surface area contributed by atoms with Gasteiger partial charge in [0, 0.05) is 18.2 Å². The predicted molar refractivity (Wildman–Crippen MR) is 77.9 cm³/mol. The highest BCUT2D eigenvalue weighted by Gasteiger charge is 2.35. The molecule has 1 fully saturated rings. The maximum absolute atomic E-state index is 10.6. The van der Waals surface area contributed by atoms with E-state index in [1.807, 2.05) is 12.1 Å². The molecule has 3 N–H and O–H groups in total. The third-order valence-electron chi connectivity index (χ3n) is 4.33. The maximum atomic E-state index is 10.6. The van der Waals surface area contributed by atoms with Gasteiger partial charge in [-0.1, -0.05) is 12.5 Å². The first-order valence-corrected chi connectivity index (χ1v) is 7.14. The summed E-state index contributed by atoms with van der Waals surface area (Å²) in [6, 6.07) is 3.81. The van der Waals surface area contributed by atoms with Crippen molar-refractivity contribution < 1.29 is 5.11 Å². The van der Waals surface area contributed by atoms with Crippen molar-refractivity contribution in [1.82, 2.24) is 9.88 Å². The Bertz CT molecular complexity index is 414. The molecule has 0 bridgehead atoms. The van der Waals surface area contributed by atoms with E-state index >= 15 is 0 Å². The monoisotopic (exact) mass is 263 g/mol. The van der Waals surface area contributed by atoms with Crippen LogP contribution < -0.4 is 5.73 Å². The minimum absolute atomic E-state index is 0.220. The van der Waals surface area contributed by atoms with Crippen LogP contribution in [0.15, 0.2) is 18.3 Å². The molecule has 1 atom stereocenters. The Kier molecular flexibility index (Phi) is 4.42. The van der Waals surface area contributed by atoms with Gasteiger partial charge in [-0.2, -0.15) is 0 Å². The van der Waals surface area contributed by atoms with Crippen molar-refractivity contribution in [1.29, 1.82) is 0 Å². The van der Waals surface area contributed by atoms with E-state index in [1.54, 1.807) is 6.20 Å². The second-order valence-corrected chi connectivity index (χ2v) is 5.97. The van der Waals surface area contributed by atoms with Gasteiger partial charge >= 0.3 is 0 Å². The lowest BCUT2D eigenvalue weighted by atomic mass is 9.88. The molecule has 4 heteroatoms. The Morgan fingerprint density at radius 1 is 1.37 bits per heavy atom. The molecule has 1 unspecified atom stereocenters. The topological polar surface area (TPSA) is 62.4 Å². The fraction of sp³-hybridized carbons (Fsp3) is 0.667. The summed E-state index contributed by atoms with van der Waals surface area (Å²) in [5.41, 5.74) is 6.57. The molecule has 1 aromatic heterocycles. The second-order valence-electron chi connectivity index (χ2n) is 5.97. The van der Waals surface area contributed by atoms with Crippen LogP contribution in [0.4, 0.5) is 5.82 Å². The number of likely N-dealkylation sites (tertiary alicyclic amines) is 1. The van der Waals surface area contributed by atoms with Crippen LogP contribution in [-0.4, -0.2) is 39.7 Å². The molecular formula is C15H25N3O. The zero-order chi connectivity index (χ0) is 13.9. The standard InChI is InChI=1S/C15H25N3O/c1-15(2,18-9-4-3-5-10-18)13(19)11-12-7-6-8-17-14(12)16/h6-8,13,19H,3-5,9-11H2,1-2H3,(H2,16,17). The summed E-state index contributed by atoms with van der Waals surface area (Å²) in [7, 11) is 0. The fourth-order valence-electron chi connectivity index (χ4n) is 2.76. The van der Waals surface area contributed by atoms with Gasteiger partial charge in [-0.25, -0.2) is 4.98 Å². The molecule has 0 radical (unpaired) electrons.